The normalized spacial score (nSPS) is 14.2. The molecule has 0 spiro atoms. The van der Waals surface area contributed by atoms with E-state index >= 15 is 0 Å². The number of rotatable bonds is 6. The van der Waals surface area contributed by atoms with Crippen molar-refractivity contribution in [2.45, 2.75) is 26.8 Å². The quantitative estimate of drug-likeness (QED) is 0.815. The average Bonchev–Trinajstić information content (AvgIpc) is 2.67. The molecule has 0 atom stereocenters. The first-order chi connectivity index (χ1) is 13.9. The number of para-hydroxylation sites is 2. The van der Waals surface area contributed by atoms with Crippen LogP contribution < -0.4 is 10.1 Å². The third kappa shape index (κ3) is 4.93. The molecule has 0 aromatic heterocycles. The number of carbonyl (C=O) groups is 3. The number of benzene rings is 2. The summed E-state index contributed by atoms with van der Waals surface area (Å²) in [5.74, 6) is -0.0310. The molecule has 0 radical (unpaired) electrons. The van der Waals surface area contributed by atoms with E-state index in [0.29, 0.717) is 11.4 Å². The van der Waals surface area contributed by atoms with E-state index in [2.05, 4.69) is 5.32 Å². The fourth-order valence-corrected chi connectivity index (χ4v) is 3.49. The van der Waals surface area contributed by atoms with E-state index in [4.69, 9.17) is 4.74 Å². The second-order valence-corrected chi connectivity index (χ2v) is 7.18. The topological polar surface area (TPSA) is 79.0 Å². The van der Waals surface area contributed by atoms with Gasteiger partial charge in [0, 0.05) is 13.0 Å². The summed E-state index contributed by atoms with van der Waals surface area (Å²) in [5.41, 5.74) is 3.58. The fourth-order valence-electron chi connectivity index (χ4n) is 3.49. The summed E-state index contributed by atoms with van der Waals surface area (Å²) in [6.07, 6.45) is 0.193. The van der Waals surface area contributed by atoms with E-state index in [9.17, 15) is 14.4 Å². The molecule has 0 bridgehead atoms. The van der Waals surface area contributed by atoms with Crippen molar-refractivity contribution in [1.82, 2.24) is 9.80 Å². The molecule has 2 aromatic carbocycles. The molecule has 1 saturated heterocycles. The number of methoxy groups -OCH3 is 1. The molecule has 1 aliphatic rings. The number of anilines is 1. The van der Waals surface area contributed by atoms with Crippen molar-refractivity contribution in [2.24, 2.45) is 0 Å². The molecule has 1 aliphatic heterocycles. The van der Waals surface area contributed by atoms with E-state index < -0.39 is 6.03 Å². The van der Waals surface area contributed by atoms with Gasteiger partial charge in [-0.25, -0.2) is 4.79 Å². The van der Waals surface area contributed by atoms with E-state index in [1.54, 1.807) is 24.3 Å². The second kappa shape index (κ2) is 8.77. The maximum Gasteiger partial charge on any atom is 0.327 e. The Hall–Kier alpha value is -3.35. The van der Waals surface area contributed by atoms with Gasteiger partial charge >= 0.3 is 6.03 Å². The van der Waals surface area contributed by atoms with Gasteiger partial charge in [0.25, 0.3) is 0 Å². The van der Waals surface area contributed by atoms with Crippen LogP contribution in [0.1, 0.15) is 23.1 Å². The lowest BCUT2D eigenvalue weighted by atomic mass is 10.1. The van der Waals surface area contributed by atoms with Gasteiger partial charge in [-0.15, -0.1) is 0 Å². The maximum atomic E-state index is 12.8. The zero-order valence-corrected chi connectivity index (χ0v) is 16.9. The Bertz CT molecular complexity index is 921. The third-order valence-corrected chi connectivity index (χ3v) is 4.74. The number of urea groups is 1. The van der Waals surface area contributed by atoms with E-state index in [1.807, 2.05) is 32.0 Å². The molecule has 0 unspecified atom stereocenters. The summed E-state index contributed by atoms with van der Waals surface area (Å²) in [7, 11) is 1.52. The van der Waals surface area contributed by atoms with Gasteiger partial charge in [0.1, 0.15) is 12.3 Å². The zero-order chi connectivity index (χ0) is 21.0. The van der Waals surface area contributed by atoms with Gasteiger partial charge in [0.2, 0.25) is 11.8 Å². The molecule has 2 aromatic rings. The Labute approximate surface area is 170 Å². The van der Waals surface area contributed by atoms with Gasteiger partial charge in [0.15, 0.2) is 0 Å². The summed E-state index contributed by atoms with van der Waals surface area (Å²) in [4.78, 5) is 40.3. The van der Waals surface area contributed by atoms with Crippen LogP contribution in [0.3, 0.4) is 0 Å². The van der Waals surface area contributed by atoms with Crippen LogP contribution in [0.15, 0.2) is 42.5 Å². The molecule has 152 valence electrons. The minimum Gasteiger partial charge on any atom is -0.495 e. The molecular formula is C22H25N3O4. The van der Waals surface area contributed by atoms with Gasteiger partial charge in [-0.05, 0) is 31.5 Å². The Morgan fingerprint density at radius 1 is 1.10 bits per heavy atom. The number of nitrogens with one attached hydrogen (secondary N) is 1. The predicted octanol–water partition coefficient (Wildman–Crippen LogP) is 3.11. The van der Waals surface area contributed by atoms with Gasteiger partial charge in [-0.1, -0.05) is 41.5 Å². The number of nitrogens with zero attached hydrogens (tertiary/aromatic N) is 2. The Balaban J connectivity index is 1.68. The zero-order valence-electron chi connectivity index (χ0n) is 16.9. The molecule has 1 fully saturated rings. The molecule has 1 heterocycles. The second-order valence-electron chi connectivity index (χ2n) is 7.18. The Morgan fingerprint density at radius 3 is 2.48 bits per heavy atom. The van der Waals surface area contributed by atoms with E-state index in [1.165, 1.54) is 16.9 Å². The SMILES string of the molecule is COc1ccccc1NC(=O)CN1CCC(=O)N(Cc2cc(C)cc(C)c2)C1=O. The number of hydrogen-bond donors (Lipinski definition) is 1. The summed E-state index contributed by atoms with van der Waals surface area (Å²) >= 11 is 0. The highest BCUT2D eigenvalue weighted by molar-refractivity contribution is 6.00. The number of carbonyl (C=O) groups excluding carboxylic acids is 3. The highest BCUT2D eigenvalue weighted by atomic mass is 16.5. The molecule has 3 rings (SSSR count). The minimum atomic E-state index is -0.449. The standard InChI is InChI=1S/C22H25N3O4/c1-15-10-16(2)12-17(11-15)13-25-21(27)8-9-24(22(25)28)14-20(26)23-18-6-4-5-7-19(18)29-3/h4-7,10-12H,8-9,13-14H2,1-3H3,(H,23,26). The predicted molar refractivity (Wildman–Crippen MR) is 110 cm³/mol. The average molecular weight is 395 g/mol. The molecule has 1 N–H and O–H groups in total. The van der Waals surface area contributed by atoms with Crippen LogP contribution in [0.25, 0.3) is 0 Å². The summed E-state index contributed by atoms with van der Waals surface area (Å²) in [6, 6.07) is 12.6. The van der Waals surface area contributed by atoms with E-state index in [-0.39, 0.29) is 37.9 Å². The number of ether oxygens (including phenoxy) is 1. The number of aryl methyl sites for hydroxylation is 2. The largest absolute Gasteiger partial charge is 0.495 e. The van der Waals surface area contributed by atoms with Crippen molar-refractivity contribution < 1.29 is 19.1 Å². The van der Waals surface area contributed by atoms with Gasteiger partial charge in [0.05, 0.1) is 19.3 Å². The lowest BCUT2D eigenvalue weighted by Crippen LogP contribution is -2.53. The molecule has 7 nitrogen and oxygen atoms in total. The highest BCUT2D eigenvalue weighted by Crippen LogP contribution is 2.23. The number of hydrogen-bond acceptors (Lipinski definition) is 4. The summed E-state index contributed by atoms with van der Waals surface area (Å²) in [6.45, 7) is 4.24. The summed E-state index contributed by atoms with van der Waals surface area (Å²) in [5, 5.41) is 2.76. The van der Waals surface area contributed by atoms with Crippen LogP contribution >= 0.6 is 0 Å². The Morgan fingerprint density at radius 2 is 1.79 bits per heavy atom. The molecular weight excluding hydrogens is 370 g/mol. The van der Waals surface area contributed by atoms with Crippen molar-refractivity contribution in [3.05, 3.63) is 59.2 Å². The van der Waals surface area contributed by atoms with Gasteiger partial charge < -0.3 is 15.0 Å². The van der Waals surface area contributed by atoms with Crippen molar-refractivity contribution in [1.29, 1.82) is 0 Å². The molecule has 4 amide bonds. The van der Waals surface area contributed by atoms with Crippen LogP contribution in [-0.2, 0) is 16.1 Å². The highest BCUT2D eigenvalue weighted by Gasteiger charge is 2.33. The maximum absolute atomic E-state index is 12.8. The van der Waals surface area contributed by atoms with Crippen LogP contribution in [0.2, 0.25) is 0 Å². The summed E-state index contributed by atoms with van der Waals surface area (Å²) < 4.78 is 5.23. The fraction of sp³-hybridized carbons (Fsp3) is 0.318. The van der Waals surface area contributed by atoms with Gasteiger partial charge in [-0.3, -0.25) is 14.5 Å². The van der Waals surface area contributed by atoms with Crippen LogP contribution in [0, 0.1) is 13.8 Å². The number of imide groups is 1. The van der Waals surface area contributed by atoms with Crippen molar-refractivity contribution >= 4 is 23.5 Å². The first kappa shape index (κ1) is 20.4. The van der Waals surface area contributed by atoms with Crippen LogP contribution in [0.4, 0.5) is 10.5 Å². The lowest BCUT2D eigenvalue weighted by Gasteiger charge is -2.34. The lowest BCUT2D eigenvalue weighted by molar-refractivity contribution is -0.132. The first-order valence-corrected chi connectivity index (χ1v) is 9.46. The monoisotopic (exact) mass is 395 g/mol. The molecule has 0 saturated carbocycles. The minimum absolute atomic E-state index is 0.131. The first-order valence-electron chi connectivity index (χ1n) is 9.46. The van der Waals surface area contributed by atoms with Crippen LogP contribution in [0.5, 0.6) is 5.75 Å². The number of amides is 4. The smallest absolute Gasteiger partial charge is 0.327 e. The Kier molecular flexibility index (Phi) is 6.16. The molecule has 29 heavy (non-hydrogen) atoms. The van der Waals surface area contributed by atoms with Crippen molar-refractivity contribution in [3.63, 3.8) is 0 Å². The van der Waals surface area contributed by atoms with Crippen molar-refractivity contribution in [2.75, 3.05) is 25.5 Å². The van der Waals surface area contributed by atoms with Crippen molar-refractivity contribution in [3.8, 4) is 5.75 Å². The molecule has 7 heteroatoms. The molecule has 0 aliphatic carbocycles. The van der Waals surface area contributed by atoms with E-state index in [0.717, 1.165) is 16.7 Å². The van der Waals surface area contributed by atoms with Crippen LogP contribution in [-0.4, -0.2) is 47.8 Å². The third-order valence-electron chi connectivity index (χ3n) is 4.74. The van der Waals surface area contributed by atoms with Gasteiger partial charge in [-0.2, -0.15) is 0 Å².